The number of rotatable bonds is 3. The molecule has 140 valence electrons. The van der Waals surface area contributed by atoms with E-state index in [0.717, 1.165) is 21.9 Å². The smallest absolute Gasteiger partial charge is 0.269 e. The minimum atomic E-state index is -0.330. The highest BCUT2D eigenvalue weighted by molar-refractivity contribution is 5.87. The van der Waals surface area contributed by atoms with E-state index in [2.05, 4.69) is 17.1 Å². The summed E-state index contributed by atoms with van der Waals surface area (Å²) in [5.74, 6) is -0.330. The van der Waals surface area contributed by atoms with Gasteiger partial charge in [-0.25, -0.2) is 9.37 Å². The Morgan fingerprint density at radius 2 is 1.52 bits per heavy atom. The van der Waals surface area contributed by atoms with E-state index < -0.39 is 0 Å². The first kappa shape index (κ1) is 17.3. The first-order valence-electron chi connectivity index (χ1n) is 9.41. The third kappa shape index (κ3) is 3.19. The molecule has 0 amide bonds. The average Bonchev–Trinajstić information content (AvgIpc) is 2.76. The maximum absolute atomic E-state index is 14.9. The molecular formula is C25H17FN2O. The van der Waals surface area contributed by atoms with E-state index in [1.165, 1.54) is 12.3 Å². The molecule has 0 radical (unpaired) electrons. The lowest BCUT2D eigenvalue weighted by atomic mass is 10.00. The highest BCUT2D eigenvalue weighted by Crippen LogP contribution is 2.26. The molecule has 5 rings (SSSR count). The normalized spacial score (nSPS) is 11.2. The van der Waals surface area contributed by atoms with E-state index in [4.69, 9.17) is 0 Å². The summed E-state index contributed by atoms with van der Waals surface area (Å²) in [5.41, 5.74) is 3.39. The second kappa shape index (κ2) is 6.99. The SMILES string of the molecule is O=c1cnc2ccccc2n1Cc1ccc(-c2ccc3ccccc3c2)cc1F. The molecule has 0 bridgehead atoms. The Bertz CT molecular complexity index is 1420. The minimum absolute atomic E-state index is 0.158. The van der Waals surface area contributed by atoms with E-state index >= 15 is 0 Å². The Labute approximate surface area is 166 Å². The van der Waals surface area contributed by atoms with Gasteiger partial charge in [-0.05, 0) is 46.2 Å². The third-order valence-corrected chi connectivity index (χ3v) is 5.22. The molecule has 1 aromatic heterocycles. The zero-order chi connectivity index (χ0) is 19.8. The summed E-state index contributed by atoms with van der Waals surface area (Å²) >= 11 is 0. The maximum Gasteiger partial charge on any atom is 0.269 e. The molecule has 3 nitrogen and oxygen atoms in total. The number of nitrogens with zero attached hydrogens (tertiary/aromatic N) is 2. The molecule has 1 heterocycles. The number of hydrogen-bond donors (Lipinski definition) is 0. The van der Waals surface area contributed by atoms with Crippen LogP contribution in [0.4, 0.5) is 4.39 Å². The molecule has 0 unspecified atom stereocenters. The van der Waals surface area contributed by atoms with Gasteiger partial charge in [0.2, 0.25) is 0 Å². The number of halogens is 1. The largest absolute Gasteiger partial charge is 0.301 e. The number of para-hydroxylation sites is 2. The number of benzene rings is 4. The summed E-state index contributed by atoms with van der Waals surface area (Å²) in [7, 11) is 0. The van der Waals surface area contributed by atoms with E-state index in [9.17, 15) is 9.18 Å². The van der Waals surface area contributed by atoms with Crippen molar-refractivity contribution in [1.29, 1.82) is 0 Å². The Kier molecular flexibility index (Phi) is 4.17. The molecule has 0 aliphatic heterocycles. The van der Waals surface area contributed by atoms with Crippen LogP contribution >= 0.6 is 0 Å². The third-order valence-electron chi connectivity index (χ3n) is 5.22. The molecule has 4 heteroatoms. The quantitative estimate of drug-likeness (QED) is 0.420. The number of fused-ring (bicyclic) bond motifs is 2. The second-order valence-electron chi connectivity index (χ2n) is 7.04. The molecule has 0 saturated heterocycles. The van der Waals surface area contributed by atoms with Gasteiger partial charge in [0.15, 0.2) is 0 Å². The van der Waals surface area contributed by atoms with Gasteiger partial charge in [-0.1, -0.05) is 60.7 Å². The predicted molar refractivity (Wildman–Crippen MR) is 114 cm³/mol. The molecular weight excluding hydrogens is 363 g/mol. The van der Waals surface area contributed by atoms with Gasteiger partial charge in [0.1, 0.15) is 5.82 Å². The first-order valence-corrected chi connectivity index (χ1v) is 9.41. The standard InChI is InChI=1S/C25H17FN2O/c26-22-14-20(19-10-9-17-5-1-2-6-18(17)13-19)11-12-21(22)16-28-24-8-4-3-7-23(24)27-15-25(28)29/h1-15H,16H2. The topological polar surface area (TPSA) is 34.9 Å². The van der Waals surface area contributed by atoms with Crippen LogP contribution in [-0.2, 0) is 6.54 Å². The summed E-state index contributed by atoms with van der Waals surface area (Å²) in [6.45, 7) is 0.158. The molecule has 0 fully saturated rings. The Morgan fingerprint density at radius 1 is 0.793 bits per heavy atom. The van der Waals surface area contributed by atoms with Gasteiger partial charge < -0.3 is 4.57 Å². The van der Waals surface area contributed by atoms with Crippen LogP contribution in [0.5, 0.6) is 0 Å². The van der Waals surface area contributed by atoms with Crippen LogP contribution < -0.4 is 5.56 Å². The zero-order valence-electron chi connectivity index (χ0n) is 15.5. The van der Waals surface area contributed by atoms with E-state index in [1.54, 1.807) is 10.6 Å². The van der Waals surface area contributed by atoms with E-state index in [1.807, 2.05) is 60.7 Å². The highest BCUT2D eigenvalue weighted by atomic mass is 19.1. The van der Waals surface area contributed by atoms with Crippen LogP contribution in [0.1, 0.15) is 5.56 Å². The van der Waals surface area contributed by atoms with Crippen LogP contribution in [0, 0.1) is 5.82 Å². The second-order valence-corrected chi connectivity index (χ2v) is 7.04. The van der Waals surface area contributed by atoms with Crippen molar-refractivity contribution in [2.24, 2.45) is 0 Å². The zero-order valence-corrected chi connectivity index (χ0v) is 15.5. The molecule has 0 aliphatic carbocycles. The highest BCUT2D eigenvalue weighted by Gasteiger charge is 2.10. The molecule has 0 saturated carbocycles. The molecule has 29 heavy (non-hydrogen) atoms. The van der Waals surface area contributed by atoms with Crippen LogP contribution in [0.2, 0.25) is 0 Å². The van der Waals surface area contributed by atoms with Gasteiger partial charge in [-0.15, -0.1) is 0 Å². The van der Waals surface area contributed by atoms with Crippen molar-refractivity contribution in [1.82, 2.24) is 9.55 Å². The molecule has 0 spiro atoms. The fourth-order valence-corrected chi connectivity index (χ4v) is 3.67. The van der Waals surface area contributed by atoms with Crippen LogP contribution in [-0.4, -0.2) is 9.55 Å². The summed E-state index contributed by atoms with van der Waals surface area (Å²) in [4.78, 5) is 16.5. The number of aromatic nitrogens is 2. The van der Waals surface area contributed by atoms with Gasteiger partial charge in [0.05, 0.1) is 23.8 Å². The lowest BCUT2D eigenvalue weighted by Crippen LogP contribution is -2.21. The van der Waals surface area contributed by atoms with E-state index in [-0.39, 0.29) is 17.9 Å². The molecule has 0 N–H and O–H groups in total. The van der Waals surface area contributed by atoms with Gasteiger partial charge in [-0.3, -0.25) is 4.79 Å². The Morgan fingerprint density at radius 3 is 2.38 bits per heavy atom. The summed E-state index contributed by atoms with van der Waals surface area (Å²) in [6.07, 6.45) is 1.28. The van der Waals surface area contributed by atoms with Crippen molar-refractivity contribution < 1.29 is 4.39 Å². The fraction of sp³-hybridized carbons (Fsp3) is 0.0400. The lowest BCUT2D eigenvalue weighted by Gasteiger charge is -2.11. The van der Waals surface area contributed by atoms with Crippen LogP contribution in [0.15, 0.2) is 95.9 Å². The van der Waals surface area contributed by atoms with Crippen LogP contribution in [0.25, 0.3) is 32.9 Å². The van der Waals surface area contributed by atoms with Gasteiger partial charge in [0, 0.05) is 5.56 Å². The van der Waals surface area contributed by atoms with Crippen molar-refractivity contribution in [3.05, 3.63) is 113 Å². The molecule has 5 aromatic rings. The fourth-order valence-electron chi connectivity index (χ4n) is 3.67. The van der Waals surface area contributed by atoms with E-state index in [0.29, 0.717) is 16.6 Å². The summed E-state index contributed by atoms with van der Waals surface area (Å²) in [5, 5.41) is 2.27. The first-order chi connectivity index (χ1) is 14.2. The molecule has 0 aliphatic rings. The molecule has 0 atom stereocenters. The monoisotopic (exact) mass is 380 g/mol. The molecule has 4 aromatic carbocycles. The Balaban J connectivity index is 1.53. The summed E-state index contributed by atoms with van der Waals surface area (Å²) < 4.78 is 16.5. The average molecular weight is 380 g/mol. The van der Waals surface area contributed by atoms with Gasteiger partial charge >= 0.3 is 0 Å². The van der Waals surface area contributed by atoms with Crippen LogP contribution in [0.3, 0.4) is 0 Å². The minimum Gasteiger partial charge on any atom is -0.301 e. The summed E-state index contributed by atoms with van der Waals surface area (Å²) in [6, 6.07) is 26.8. The Hall–Kier alpha value is -3.79. The lowest BCUT2D eigenvalue weighted by molar-refractivity contribution is 0.599. The van der Waals surface area contributed by atoms with Crippen molar-refractivity contribution >= 4 is 21.8 Å². The number of hydrogen-bond acceptors (Lipinski definition) is 2. The van der Waals surface area contributed by atoms with Gasteiger partial charge in [0.25, 0.3) is 5.56 Å². The maximum atomic E-state index is 14.9. The van der Waals surface area contributed by atoms with Crippen molar-refractivity contribution in [2.75, 3.05) is 0 Å². The van der Waals surface area contributed by atoms with Crippen molar-refractivity contribution in [2.45, 2.75) is 6.54 Å². The van der Waals surface area contributed by atoms with Crippen molar-refractivity contribution in [3.8, 4) is 11.1 Å². The van der Waals surface area contributed by atoms with Gasteiger partial charge in [-0.2, -0.15) is 0 Å². The van der Waals surface area contributed by atoms with Crippen molar-refractivity contribution in [3.63, 3.8) is 0 Å². The predicted octanol–water partition coefficient (Wildman–Crippen LogP) is 5.40.